The van der Waals surface area contributed by atoms with Crippen LogP contribution in [0, 0.1) is 0 Å². The highest BCUT2D eigenvalue weighted by atomic mass is 35.5. The Bertz CT molecular complexity index is 745. The Kier molecular flexibility index (Phi) is 6.02. The van der Waals surface area contributed by atoms with Crippen molar-refractivity contribution < 1.29 is 9.53 Å². The molecular weight excluding hydrogens is 335 g/mol. The fourth-order valence-corrected chi connectivity index (χ4v) is 2.52. The number of hydrogen-bond acceptors (Lipinski definition) is 3. The van der Waals surface area contributed by atoms with Crippen LogP contribution >= 0.6 is 23.2 Å². The molecule has 0 aromatic heterocycles. The molecule has 0 fully saturated rings. The molecule has 0 heterocycles. The number of halogens is 2. The first-order valence-corrected chi connectivity index (χ1v) is 7.77. The lowest BCUT2D eigenvalue weighted by Crippen LogP contribution is -2.20. The number of hydrazone groups is 1. The highest BCUT2D eigenvalue weighted by Gasteiger charge is 2.10. The summed E-state index contributed by atoms with van der Waals surface area (Å²) >= 11 is 12.1. The topological polar surface area (TPSA) is 50.7 Å². The Labute approximate surface area is 145 Å². The van der Waals surface area contributed by atoms with Crippen LogP contribution in [0.4, 0.5) is 0 Å². The first kappa shape index (κ1) is 17.3. The molecule has 120 valence electrons. The lowest BCUT2D eigenvalue weighted by atomic mass is 10.1. The summed E-state index contributed by atoms with van der Waals surface area (Å²) in [5.41, 5.74) is 4.42. The zero-order chi connectivity index (χ0) is 16.8. The second kappa shape index (κ2) is 7.99. The number of nitrogens with zero attached hydrogens (tertiary/aromatic N) is 1. The van der Waals surface area contributed by atoms with Gasteiger partial charge in [0, 0.05) is 16.1 Å². The zero-order valence-corrected chi connectivity index (χ0v) is 14.3. The molecule has 0 aliphatic rings. The highest BCUT2D eigenvalue weighted by molar-refractivity contribution is 6.37. The number of benzene rings is 2. The third-order valence-corrected chi connectivity index (χ3v) is 3.75. The summed E-state index contributed by atoms with van der Waals surface area (Å²) in [6, 6.07) is 12.0. The van der Waals surface area contributed by atoms with Crippen LogP contribution in [0.1, 0.15) is 29.3 Å². The van der Waals surface area contributed by atoms with Crippen molar-refractivity contribution in [2.75, 3.05) is 7.11 Å². The van der Waals surface area contributed by atoms with Crippen molar-refractivity contribution in [3.05, 3.63) is 63.6 Å². The molecule has 1 N–H and O–H groups in total. The van der Waals surface area contributed by atoms with Gasteiger partial charge in [-0.15, -0.1) is 0 Å². The van der Waals surface area contributed by atoms with Crippen LogP contribution in [0.5, 0.6) is 5.75 Å². The summed E-state index contributed by atoms with van der Waals surface area (Å²) in [4.78, 5) is 12.2. The number of nitrogens with one attached hydrogen (secondary N) is 1. The number of ether oxygens (including phenoxy) is 1. The number of methoxy groups -OCH3 is 1. The van der Waals surface area contributed by atoms with E-state index in [4.69, 9.17) is 27.9 Å². The number of hydrogen-bond donors (Lipinski definition) is 1. The van der Waals surface area contributed by atoms with Crippen LogP contribution in [0.3, 0.4) is 0 Å². The van der Waals surface area contributed by atoms with E-state index in [1.165, 1.54) is 0 Å². The molecule has 23 heavy (non-hydrogen) atoms. The van der Waals surface area contributed by atoms with E-state index in [9.17, 15) is 4.79 Å². The molecule has 6 heteroatoms. The minimum absolute atomic E-state index is 0.320. The molecule has 0 aliphatic heterocycles. The minimum Gasteiger partial charge on any atom is -0.497 e. The van der Waals surface area contributed by atoms with Gasteiger partial charge in [-0.2, -0.15) is 5.10 Å². The molecule has 0 saturated carbocycles. The third-order valence-electron chi connectivity index (χ3n) is 3.20. The first-order valence-electron chi connectivity index (χ1n) is 7.01. The SMILES string of the molecule is CCC(=NNC(=O)c1cccc(OC)c1)c1ccc(Cl)cc1Cl. The molecule has 0 bridgehead atoms. The smallest absolute Gasteiger partial charge is 0.271 e. The Morgan fingerprint density at radius 1 is 1.22 bits per heavy atom. The van der Waals surface area contributed by atoms with Gasteiger partial charge in [0.2, 0.25) is 0 Å². The van der Waals surface area contributed by atoms with E-state index in [-0.39, 0.29) is 5.91 Å². The summed E-state index contributed by atoms with van der Waals surface area (Å²) in [6.07, 6.45) is 0.611. The normalized spacial score (nSPS) is 11.2. The molecule has 0 saturated heterocycles. The molecule has 0 spiro atoms. The number of carbonyl (C=O) groups excluding carboxylic acids is 1. The second-order valence-electron chi connectivity index (χ2n) is 4.71. The van der Waals surface area contributed by atoms with Crippen molar-refractivity contribution >= 4 is 34.8 Å². The maximum atomic E-state index is 12.2. The highest BCUT2D eigenvalue weighted by Crippen LogP contribution is 2.22. The third kappa shape index (κ3) is 4.47. The Morgan fingerprint density at radius 3 is 2.65 bits per heavy atom. The predicted octanol–water partition coefficient (Wildman–Crippen LogP) is 4.55. The molecule has 1 amide bonds. The van der Waals surface area contributed by atoms with Gasteiger partial charge in [-0.1, -0.05) is 42.3 Å². The summed E-state index contributed by atoms with van der Waals surface area (Å²) in [5, 5.41) is 5.23. The second-order valence-corrected chi connectivity index (χ2v) is 5.55. The molecule has 2 aromatic carbocycles. The number of amides is 1. The molecule has 2 aromatic rings. The van der Waals surface area contributed by atoms with Gasteiger partial charge >= 0.3 is 0 Å². The zero-order valence-electron chi connectivity index (χ0n) is 12.8. The average Bonchev–Trinajstić information content (AvgIpc) is 2.56. The van der Waals surface area contributed by atoms with E-state index in [2.05, 4.69) is 10.5 Å². The van der Waals surface area contributed by atoms with E-state index in [1.54, 1.807) is 49.6 Å². The van der Waals surface area contributed by atoms with Gasteiger partial charge < -0.3 is 4.74 Å². The van der Waals surface area contributed by atoms with Crippen LogP contribution in [0.25, 0.3) is 0 Å². The van der Waals surface area contributed by atoms with Gasteiger partial charge in [-0.3, -0.25) is 4.79 Å². The number of rotatable bonds is 5. The minimum atomic E-state index is -0.320. The standard InChI is InChI=1S/C17H16Cl2N2O2/c1-3-16(14-8-7-12(18)10-15(14)19)20-21-17(22)11-5-4-6-13(9-11)23-2/h4-10H,3H2,1-2H3,(H,21,22). The van der Waals surface area contributed by atoms with Crippen molar-refractivity contribution in [2.24, 2.45) is 5.10 Å². The molecular formula is C17H16Cl2N2O2. The molecule has 0 atom stereocenters. The van der Waals surface area contributed by atoms with Crippen molar-refractivity contribution in [1.29, 1.82) is 0 Å². The fraction of sp³-hybridized carbons (Fsp3) is 0.176. The van der Waals surface area contributed by atoms with Gasteiger partial charge in [-0.05, 0) is 36.8 Å². The van der Waals surface area contributed by atoms with Crippen LogP contribution in [0.15, 0.2) is 47.6 Å². The number of carbonyl (C=O) groups is 1. The van der Waals surface area contributed by atoms with Gasteiger partial charge in [0.1, 0.15) is 5.75 Å². The summed E-state index contributed by atoms with van der Waals surface area (Å²) in [7, 11) is 1.55. The van der Waals surface area contributed by atoms with Crippen molar-refractivity contribution in [2.45, 2.75) is 13.3 Å². The maximum Gasteiger partial charge on any atom is 0.271 e. The van der Waals surface area contributed by atoms with Gasteiger partial charge in [0.05, 0.1) is 17.8 Å². The van der Waals surface area contributed by atoms with Crippen LogP contribution in [0.2, 0.25) is 10.0 Å². The Balaban J connectivity index is 2.20. The Morgan fingerprint density at radius 2 is 2.00 bits per heavy atom. The Hall–Kier alpha value is -2.04. The van der Waals surface area contributed by atoms with Crippen molar-refractivity contribution in [1.82, 2.24) is 5.43 Å². The lowest BCUT2D eigenvalue weighted by Gasteiger charge is -2.08. The van der Waals surface area contributed by atoms with E-state index in [0.29, 0.717) is 33.5 Å². The van der Waals surface area contributed by atoms with Gasteiger partial charge in [0.25, 0.3) is 5.91 Å². The predicted molar refractivity (Wildman–Crippen MR) is 93.8 cm³/mol. The molecule has 2 rings (SSSR count). The van der Waals surface area contributed by atoms with E-state index in [1.807, 2.05) is 6.92 Å². The maximum absolute atomic E-state index is 12.2. The van der Waals surface area contributed by atoms with E-state index < -0.39 is 0 Å². The molecule has 0 radical (unpaired) electrons. The fourth-order valence-electron chi connectivity index (χ4n) is 2.00. The van der Waals surface area contributed by atoms with Crippen molar-refractivity contribution in [3.63, 3.8) is 0 Å². The lowest BCUT2D eigenvalue weighted by molar-refractivity contribution is 0.0954. The quantitative estimate of drug-likeness (QED) is 0.635. The van der Waals surface area contributed by atoms with Gasteiger partial charge in [-0.25, -0.2) is 5.43 Å². The first-order chi connectivity index (χ1) is 11.0. The van der Waals surface area contributed by atoms with Crippen LogP contribution < -0.4 is 10.2 Å². The summed E-state index contributed by atoms with van der Waals surface area (Å²) in [6.45, 7) is 1.93. The largest absolute Gasteiger partial charge is 0.497 e. The molecule has 0 unspecified atom stereocenters. The van der Waals surface area contributed by atoms with E-state index >= 15 is 0 Å². The van der Waals surface area contributed by atoms with Crippen molar-refractivity contribution in [3.8, 4) is 5.75 Å². The van der Waals surface area contributed by atoms with E-state index in [0.717, 1.165) is 5.56 Å². The average molecular weight is 351 g/mol. The van der Waals surface area contributed by atoms with Crippen LogP contribution in [-0.2, 0) is 0 Å². The summed E-state index contributed by atoms with van der Waals surface area (Å²) in [5.74, 6) is 0.290. The summed E-state index contributed by atoms with van der Waals surface area (Å²) < 4.78 is 5.10. The van der Waals surface area contributed by atoms with Gasteiger partial charge in [0.15, 0.2) is 0 Å². The molecule has 0 aliphatic carbocycles. The van der Waals surface area contributed by atoms with Crippen LogP contribution in [-0.4, -0.2) is 18.7 Å². The monoisotopic (exact) mass is 350 g/mol. The molecule has 4 nitrogen and oxygen atoms in total.